The van der Waals surface area contributed by atoms with Gasteiger partial charge in [-0.15, -0.1) is 0 Å². The number of nitrogens with zero attached hydrogens (tertiary/aromatic N) is 1. The van der Waals surface area contributed by atoms with E-state index in [1.807, 2.05) is 0 Å². The number of aliphatic carboxylic acids is 1. The van der Waals surface area contributed by atoms with Crippen molar-refractivity contribution in [1.82, 2.24) is 10.2 Å². The van der Waals surface area contributed by atoms with Crippen molar-refractivity contribution in [3.8, 4) is 11.5 Å². The Kier molecular flexibility index (Phi) is 5.54. The molecule has 0 aliphatic carbocycles. The monoisotopic (exact) mass is 376 g/mol. The largest absolute Gasteiger partial charge is 0.481 e. The van der Waals surface area contributed by atoms with Crippen LogP contribution in [0.5, 0.6) is 11.5 Å². The highest BCUT2D eigenvalue weighted by atomic mass is 19.1. The molecule has 0 bridgehead atoms. The van der Waals surface area contributed by atoms with E-state index in [-0.39, 0.29) is 24.6 Å². The van der Waals surface area contributed by atoms with Crippen LogP contribution < -0.4 is 10.1 Å². The molecule has 2 N–H and O–H groups in total. The number of rotatable bonds is 5. The molecule has 27 heavy (non-hydrogen) atoms. The third-order valence-corrected chi connectivity index (χ3v) is 4.32. The Balaban J connectivity index is 1.57. The molecule has 1 aliphatic heterocycles. The topological polar surface area (TPSA) is 78.9 Å². The first-order valence-corrected chi connectivity index (χ1v) is 8.40. The number of ether oxygens (including phenoxy) is 1. The number of carboxylic acid groups (broad SMARTS) is 1. The van der Waals surface area contributed by atoms with Gasteiger partial charge in [0.2, 0.25) is 0 Å². The molecular formula is C19H18F2N2O4. The molecule has 2 aromatic carbocycles. The van der Waals surface area contributed by atoms with Crippen LogP contribution in [0, 0.1) is 17.6 Å². The number of urea groups is 1. The molecule has 1 saturated heterocycles. The maximum Gasteiger partial charge on any atom is 0.317 e. The van der Waals surface area contributed by atoms with Gasteiger partial charge in [-0.3, -0.25) is 4.79 Å². The van der Waals surface area contributed by atoms with E-state index in [4.69, 9.17) is 9.84 Å². The zero-order valence-corrected chi connectivity index (χ0v) is 14.3. The van der Waals surface area contributed by atoms with Gasteiger partial charge < -0.3 is 20.1 Å². The molecule has 0 saturated carbocycles. The SMILES string of the molecule is O=C(O)C1CCN(C(=O)NCc2ccc(Oc3ccccc3F)c(F)c2)C1. The van der Waals surface area contributed by atoms with Gasteiger partial charge in [0, 0.05) is 19.6 Å². The normalized spacial score (nSPS) is 16.2. The Morgan fingerprint density at radius 3 is 2.56 bits per heavy atom. The lowest BCUT2D eigenvalue weighted by atomic mass is 10.1. The summed E-state index contributed by atoms with van der Waals surface area (Å²) in [5.74, 6) is -2.96. The quantitative estimate of drug-likeness (QED) is 0.839. The van der Waals surface area contributed by atoms with E-state index in [1.165, 1.54) is 35.2 Å². The third-order valence-electron chi connectivity index (χ3n) is 4.32. The molecule has 1 unspecified atom stereocenters. The summed E-state index contributed by atoms with van der Waals surface area (Å²) in [5.41, 5.74) is 0.496. The number of carboxylic acids is 1. The third kappa shape index (κ3) is 4.52. The molecule has 8 heteroatoms. The Hall–Kier alpha value is -3.16. The zero-order valence-electron chi connectivity index (χ0n) is 14.3. The fourth-order valence-corrected chi connectivity index (χ4v) is 2.82. The van der Waals surface area contributed by atoms with Gasteiger partial charge in [-0.1, -0.05) is 18.2 Å². The molecule has 2 amide bonds. The molecule has 0 radical (unpaired) electrons. The first kappa shape index (κ1) is 18.6. The van der Waals surface area contributed by atoms with Crippen LogP contribution in [0.15, 0.2) is 42.5 Å². The number of hydrogen-bond donors (Lipinski definition) is 2. The first-order chi connectivity index (χ1) is 12.9. The highest BCUT2D eigenvalue weighted by Crippen LogP contribution is 2.27. The lowest BCUT2D eigenvalue weighted by molar-refractivity contribution is -0.141. The van der Waals surface area contributed by atoms with Crippen LogP contribution >= 0.6 is 0 Å². The Morgan fingerprint density at radius 2 is 1.89 bits per heavy atom. The fraction of sp³-hybridized carbons (Fsp3) is 0.263. The highest BCUT2D eigenvalue weighted by Gasteiger charge is 2.30. The van der Waals surface area contributed by atoms with E-state index in [0.29, 0.717) is 18.5 Å². The summed E-state index contributed by atoms with van der Waals surface area (Å²) in [7, 11) is 0. The van der Waals surface area contributed by atoms with Gasteiger partial charge >= 0.3 is 12.0 Å². The minimum absolute atomic E-state index is 0.0734. The zero-order chi connectivity index (χ0) is 19.4. The average Bonchev–Trinajstić information content (AvgIpc) is 3.14. The van der Waals surface area contributed by atoms with Crippen molar-refractivity contribution in [3.05, 3.63) is 59.7 Å². The highest BCUT2D eigenvalue weighted by molar-refractivity contribution is 5.77. The Bertz CT molecular complexity index is 859. The minimum Gasteiger partial charge on any atom is -0.481 e. The number of amides is 2. The van der Waals surface area contributed by atoms with Gasteiger partial charge in [0.05, 0.1) is 5.92 Å². The lowest BCUT2D eigenvalue weighted by Gasteiger charge is -2.17. The van der Waals surface area contributed by atoms with E-state index >= 15 is 0 Å². The number of benzene rings is 2. The molecular weight excluding hydrogens is 358 g/mol. The number of likely N-dealkylation sites (tertiary alicyclic amines) is 1. The maximum atomic E-state index is 14.2. The number of para-hydroxylation sites is 1. The van der Waals surface area contributed by atoms with Crippen molar-refractivity contribution >= 4 is 12.0 Å². The maximum absolute atomic E-state index is 14.2. The van der Waals surface area contributed by atoms with E-state index in [2.05, 4.69) is 5.32 Å². The van der Waals surface area contributed by atoms with Gasteiger partial charge in [0.1, 0.15) is 0 Å². The van der Waals surface area contributed by atoms with Crippen LogP contribution in [0.3, 0.4) is 0 Å². The number of halogens is 2. The summed E-state index contributed by atoms with van der Waals surface area (Å²) in [6.45, 7) is 0.599. The van der Waals surface area contributed by atoms with Crippen LogP contribution in [-0.4, -0.2) is 35.1 Å². The predicted octanol–water partition coefficient (Wildman–Crippen LogP) is 3.37. The molecule has 0 aromatic heterocycles. The Morgan fingerprint density at radius 1 is 1.15 bits per heavy atom. The van der Waals surface area contributed by atoms with Crippen molar-refractivity contribution in [1.29, 1.82) is 0 Å². The van der Waals surface area contributed by atoms with Gasteiger partial charge in [0.15, 0.2) is 23.1 Å². The summed E-state index contributed by atoms with van der Waals surface area (Å²) in [5, 5.41) is 11.6. The molecule has 1 atom stereocenters. The Labute approximate surface area is 154 Å². The van der Waals surface area contributed by atoms with E-state index < -0.39 is 29.6 Å². The predicted molar refractivity (Wildman–Crippen MR) is 92.4 cm³/mol. The van der Waals surface area contributed by atoms with E-state index in [0.717, 1.165) is 0 Å². The molecule has 0 spiro atoms. The lowest BCUT2D eigenvalue weighted by Crippen LogP contribution is -2.38. The van der Waals surface area contributed by atoms with Crippen molar-refractivity contribution in [2.45, 2.75) is 13.0 Å². The number of nitrogens with one attached hydrogen (secondary N) is 1. The summed E-state index contributed by atoms with van der Waals surface area (Å²) in [6.07, 6.45) is 0.416. The van der Waals surface area contributed by atoms with Crippen LogP contribution in [-0.2, 0) is 11.3 Å². The van der Waals surface area contributed by atoms with Crippen LogP contribution in [0.25, 0.3) is 0 Å². The van der Waals surface area contributed by atoms with Gasteiger partial charge in [-0.25, -0.2) is 13.6 Å². The average molecular weight is 376 g/mol. The minimum atomic E-state index is -0.919. The molecule has 1 heterocycles. The summed E-state index contributed by atoms with van der Waals surface area (Å²) in [4.78, 5) is 24.4. The van der Waals surface area contributed by atoms with E-state index in [1.54, 1.807) is 12.1 Å². The summed E-state index contributed by atoms with van der Waals surface area (Å²) in [6, 6.07) is 9.40. The van der Waals surface area contributed by atoms with Crippen molar-refractivity contribution in [3.63, 3.8) is 0 Å². The molecule has 142 valence electrons. The molecule has 3 rings (SSSR count). The van der Waals surface area contributed by atoms with Gasteiger partial charge in [-0.05, 0) is 36.2 Å². The van der Waals surface area contributed by atoms with Crippen LogP contribution in [0.4, 0.5) is 13.6 Å². The van der Waals surface area contributed by atoms with Crippen molar-refractivity contribution in [2.75, 3.05) is 13.1 Å². The molecule has 1 fully saturated rings. The molecule has 6 nitrogen and oxygen atoms in total. The van der Waals surface area contributed by atoms with Crippen LogP contribution in [0.2, 0.25) is 0 Å². The number of carbonyl (C=O) groups is 2. The van der Waals surface area contributed by atoms with Crippen molar-refractivity contribution < 1.29 is 28.2 Å². The molecule has 2 aromatic rings. The second-order valence-electron chi connectivity index (χ2n) is 6.23. The first-order valence-electron chi connectivity index (χ1n) is 8.40. The van der Waals surface area contributed by atoms with Crippen LogP contribution in [0.1, 0.15) is 12.0 Å². The van der Waals surface area contributed by atoms with Gasteiger partial charge in [0.25, 0.3) is 0 Å². The fourth-order valence-electron chi connectivity index (χ4n) is 2.82. The second-order valence-corrected chi connectivity index (χ2v) is 6.23. The standard InChI is InChI=1S/C19H18F2N2O4/c20-14-3-1-2-4-16(14)27-17-6-5-12(9-15(17)21)10-22-19(26)23-8-7-13(11-23)18(24)25/h1-6,9,13H,7-8,10-11H2,(H,22,26)(H,24,25). The second kappa shape index (κ2) is 8.03. The van der Waals surface area contributed by atoms with Crippen molar-refractivity contribution in [2.24, 2.45) is 5.92 Å². The number of carbonyl (C=O) groups excluding carboxylic acids is 1. The van der Waals surface area contributed by atoms with Gasteiger partial charge in [-0.2, -0.15) is 0 Å². The number of hydrogen-bond acceptors (Lipinski definition) is 3. The smallest absolute Gasteiger partial charge is 0.317 e. The summed E-state index contributed by atoms with van der Waals surface area (Å²) < 4.78 is 33.0. The van der Waals surface area contributed by atoms with E-state index in [9.17, 15) is 18.4 Å². The molecule has 1 aliphatic rings. The summed E-state index contributed by atoms with van der Waals surface area (Å²) >= 11 is 0.